The van der Waals surface area contributed by atoms with Gasteiger partial charge < -0.3 is 10.6 Å². The Kier molecular flexibility index (Phi) is 6.99. The van der Waals surface area contributed by atoms with Crippen LogP contribution in [0.2, 0.25) is 0 Å². The Labute approximate surface area is 112 Å². The molecule has 0 fully saturated rings. The van der Waals surface area contributed by atoms with Gasteiger partial charge in [-0.2, -0.15) is 0 Å². The molecule has 1 aromatic carbocycles. The number of likely N-dealkylation sites (N-methyl/N-ethyl adjacent to an activating group) is 1. The molecule has 0 aliphatic rings. The van der Waals surface area contributed by atoms with Crippen molar-refractivity contribution >= 4 is 0 Å². The van der Waals surface area contributed by atoms with E-state index in [1.165, 1.54) is 17.5 Å². The van der Waals surface area contributed by atoms with Crippen LogP contribution in [0.25, 0.3) is 0 Å². The molecule has 0 amide bonds. The molecule has 0 radical (unpaired) electrons. The molecule has 1 atom stereocenters. The van der Waals surface area contributed by atoms with Crippen LogP contribution in [0.15, 0.2) is 24.3 Å². The SMILES string of the molecule is CCc1ccc(CCN(C)CCCC(C)N)cc1. The van der Waals surface area contributed by atoms with Gasteiger partial charge in [-0.15, -0.1) is 0 Å². The highest BCUT2D eigenvalue weighted by Crippen LogP contribution is 2.06. The molecule has 102 valence electrons. The molecule has 0 saturated heterocycles. The number of nitrogens with zero attached hydrogens (tertiary/aromatic N) is 1. The zero-order valence-corrected chi connectivity index (χ0v) is 12.2. The predicted molar refractivity (Wildman–Crippen MR) is 79.9 cm³/mol. The Bertz CT molecular complexity index is 316. The van der Waals surface area contributed by atoms with Crippen LogP contribution >= 0.6 is 0 Å². The van der Waals surface area contributed by atoms with Crippen molar-refractivity contribution in [1.82, 2.24) is 4.90 Å². The molecule has 2 nitrogen and oxygen atoms in total. The molecule has 18 heavy (non-hydrogen) atoms. The Morgan fingerprint density at radius 3 is 2.28 bits per heavy atom. The van der Waals surface area contributed by atoms with Gasteiger partial charge in [-0.3, -0.25) is 0 Å². The summed E-state index contributed by atoms with van der Waals surface area (Å²) in [6, 6.07) is 9.33. The fourth-order valence-corrected chi connectivity index (χ4v) is 2.06. The van der Waals surface area contributed by atoms with Gasteiger partial charge in [0.1, 0.15) is 0 Å². The largest absolute Gasteiger partial charge is 0.328 e. The lowest BCUT2D eigenvalue weighted by Crippen LogP contribution is -2.24. The highest BCUT2D eigenvalue weighted by atomic mass is 15.1. The van der Waals surface area contributed by atoms with Crippen molar-refractivity contribution < 1.29 is 0 Å². The first-order valence-corrected chi connectivity index (χ1v) is 7.13. The van der Waals surface area contributed by atoms with Crippen molar-refractivity contribution in [3.63, 3.8) is 0 Å². The van der Waals surface area contributed by atoms with Crippen molar-refractivity contribution in [2.24, 2.45) is 5.73 Å². The lowest BCUT2D eigenvalue weighted by Gasteiger charge is -2.17. The van der Waals surface area contributed by atoms with Gasteiger partial charge in [0, 0.05) is 12.6 Å². The average Bonchev–Trinajstić information content (AvgIpc) is 2.36. The van der Waals surface area contributed by atoms with Crippen LogP contribution in [0.1, 0.15) is 37.8 Å². The van der Waals surface area contributed by atoms with Gasteiger partial charge in [0.15, 0.2) is 0 Å². The Morgan fingerprint density at radius 2 is 1.72 bits per heavy atom. The second kappa shape index (κ2) is 8.28. The molecule has 1 rings (SSSR count). The minimum atomic E-state index is 0.333. The summed E-state index contributed by atoms with van der Waals surface area (Å²) in [4.78, 5) is 2.40. The minimum absolute atomic E-state index is 0.333. The number of rotatable bonds is 8. The standard InChI is InChI=1S/C16H28N2/c1-4-15-7-9-16(10-8-15)11-13-18(3)12-5-6-14(2)17/h7-10,14H,4-6,11-13,17H2,1-3H3. The fourth-order valence-electron chi connectivity index (χ4n) is 2.06. The molecular formula is C16H28N2. The second-order valence-corrected chi connectivity index (χ2v) is 5.34. The van der Waals surface area contributed by atoms with E-state index in [0.29, 0.717) is 6.04 Å². The molecule has 0 aliphatic heterocycles. The molecule has 0 bridgehead atoms. The van der Waals surface area contributed by atoms with E-state index in [1.807, 2.05) is 0 Å². The van der Waals surface area contributed by atoms with Crippen molar-refractivity contribution in [1.29, 1.82) is 0 Å². The van der Waals surface area contributed by atoms with Gasteiger partial charge >= 0.3 is 0 Å². The summed E-state index contributed by atoms with van der Waals surface area (Å²) < 4.78 is 0. The van der Waals surface area contributed by atoms with Gasteiger partial charge in [-0.25, -0.2) is 0 Å². The van der Waals surface area contributed by atoms with Crippen LogP contribution in [-0.2, 0) is 12.8 Å². The van der Waals surface area contributed by atoms with Gasteiger partial charge in [0.25, 0.3) is 0 Å². The molecule has 0 saturated carbocycles. The molecule has 2 heteroatoms. The van der Waals surface area contributed by atoms with Crippen LogP contribution in [0.5, 0.6) is 0 Å². The fraction of sp³-hybridized carbons (Fsp3) is 0.625. The molecule has 0 spiro atoms. The quantitative estimate of drug-likeness (QED) is 0.766. The maximum Gasteiger partial charge on any atom is 0.00188 e. The summed E-state index contributed by atoms with van der Waals surface area (Å²) in [5.74, 6) is 0. The highest BCUT2D eigenvalue weighted by molar-refractivity contribution is 5.22. The highest BCUT2D eigenvalue weighted by Gasteiger charge is 2.01. The first-order valence-electron chi connectivity index (χ1n) is 7.13. The third-order valence-corrected chi connectivity index (χ3v) is 3.41. The predicted octanol–water partition coefficient (Wildman–Crippen LogP) is 2.85. The van der Waals surface area contributed by atoms with Gasteiger partial charge in [0.05, 0.1) is 0 Å². The van der Waals surface area contributed by atoms with E-state index in [9.17, 15) is 0 Å². The number of hydrogen-bond donors (Lipinski definition) is 1. The summed E-state index contributed by atoms with van der Waals surface area (Å²) >= 11 is 0. The Hall–Kier alpha value is -0.860. The summed E-state index contributed by atoms with van der Waals surface area (Å²) in [5.41, 5.74) is 8.61. The third-order valence-electron chi connectivity index (χ3n) is 3.41. The van der Waals surface area contributed by atoms with E-state index in [0.717, 1.165) is 32.4 Å². The number of aryl methyl sites for hydroxylation is 1. The van der Waals surface area contributed by atoms with Crippen LogP contribution in [0, 0.1) is 0 Å². The second-order valence-electron chi connectivity index (χ2n) is 5.34. The first-order chi connectivity index (χ1) is 8.61. The lowest BCUT2D eigenvalue weighted by atomic mass is 10.1. The normalized spacial score (nSPS) is 12.9. The number of hydrogen-bond acceptors (Lipinski definition) is 2. The number of benzene rings is 1. The summed E-state index contributed by atoms with van der Waals surface area (Å²) in [6.07, 6.45) is 4.58. The molecule has 1 unspecified atom stereocenters. The molecular weight excluding hydrogens is 220 g/mol. The first kappa shape index (κ1) is 15.2. The molecule has 0 aromatic heterocycles. The topological polar surface area (TPSA) is 29.3 Å². The smallest absolute Gasteiger partial charge is 0.00188 e. The molecule has 2 N–H and O–H groups in total. The molecule has 0 aliphatic carbocycles. The van der Waals surface area contributed by atoms with Gasteiger partial charge in [-0.1, -0.05) is 31.2 Å². The van der Waals surface area contributed by atoms with Crippen LogP contribution < -0.4 is 5.73 Å². The van der Waals surface area contributed by atoms with E-state index in [4.69, 9.17) is 5.73 Å². The maximum absolute atomic E-state index is 5.75. The lowest BCUT2D eigenvalue weighted by molar-refractivity contribution is 0.326. The summed E-state index contributed by atoms with van der Waals surface area (Å²) in [5, 5.41) is 0. The van der Waals surface area contributed by atoms with Gasteiger partial charge in [-0.05, 0) is 57.3 Å². The van der Waals surface area contributed by atoms with Crippen LogP contribution in [0.4, 0.5) is 0 Å². The third kappa shape index (κ3) is 6.18. The van der Waals surface area contributed by atoms with Crippen molar-refractivity contribution in [3.8, 4) is 0 Å². The van der Waals surface area contributed by atoms with E-state index in [-0.39, 0.29) is 0 Å². The van der Waals surface area contributed by atoms with Crippen LogP contribution in [0.3, 0.4) is 0 Å². The van der Waals surface area contributed by atoms with E-state index in [2.05, 4.69) is 50.1 Å². The van der Waals surface area contributed by atoms with Crippen molar-refractivity contribution in [2.45, 2.75) is 45.6 Å². The molecule has 1 aromatic rings. The molecule has 0 heterocycles. The minimum Gasteiger partial charge on any atom is -0.328 e. The Morgan fingerprint density at radius 1 is 1.11 bits per heavy atom. The van der Waals surface area contributed by atoms with Crippen molar-refractivity contribution in [3.05, 3.63) is 35.4 Å². The average molecular weight is 248 g/mol. The van der Waals surface area contributed by atoms with Crippen molar-refractivity contribution in [2.75, 3.05) is 20.1 Å². The summed E-state index contributed by atoms with van der Waals surface area (Å²) in [6.45, 7) is 6.55. The monoisotopic (exact) mass is 248 g/mol. The summed E-state index contributed by atoms with van der Waals surface area (Å²) in [7, 11) is 2.20. The van der Waals surface area contributed by atoms with E-state index >= 15 is 0 Å². The van der Waals surface area contributed by atoms with E-state index < -0.39 is 0 Å². The van der Waals surface area contributed by atoms with Crippen LogP contribution in [-0.4, -0.2) is 31.1 Å². The van der Waals surface area contributed by atoms with E-state index in [1.54, 1.807) is 0 Å². The maximum atomic E-state index is 5.75. The number of nitrogens with two attached hydrogens (primary N) is 1. The zero-order valence-electron chi connectivity index (χ0n) is 12.2. The Balaban J connectivity index is 2.22. The zero-order chi connectivity index (χ0) is 13.4. The van der Waals surface area contributed by atoms with Gasteiger partial charge in [0.2, 0.25) is 0 Å².